The van der Waals surface area contributed by atoms with Gasteiger partial charge in [0.1, 0.15) is 18.1 Å². The lowest BCUT2D eigenvalue weighted by Gasteiger charge is -2.21. The van der Waals surface area contributed by atoms with E-state index in [1.807, 2.05) is 0 Å². The monoisotopic (exact) mass is 373 g/mol. The minimum Gasteiger partial charge on any atom is -0.491 e. The van der Waals surface area contributed by atoms with Gasteiger partial charge in [-0.05, 0) is 26.0 Å². The standard InChI is InChI=1S/C18H19N3O6/c1-11-9-15(20-27-11)19-18(24)12(2)26-17(23)10-21-13-5-3-4-6-14(13)25-8-7-16(21)22/h3-6,9,12H,7-8,10H2,1-2H3,(H,19,20,24)/t12-/m1/s1. The molecule has 1 aromatic carbocycles. The molecule has 0 bridgehead atoms. The molecule has 1 aromatic heterocycles. The Morgan fingerprint density at radius 1 is 1.37 bits per heavy atom. The van der Waals surface area contributed by atoms with Gasteiger partial charge < -0.3 is 19.3 Å². The van der Waals surface area contributed by atoms with Gasteiger partial charge in [-0.15, -0.1) is 0 Å². The summed E-state index contributed by atoms with van der Waals surface area (Å²) in [6.45, 7) is 3.03. The predicted molar refractivity (Wildman–Crippen MR) is 94.3 cm³/mol. The van der Waals surface area contributed by atoms with Gasteiger partial charge in [0.05, 0.1) is 18.7 Å². The Morgan fingerprint density at radius 2 is 2.15 bits per heavy atom. The first kappa shape index (κ1) is 18.4. The number of esters is 1. The van der Waals surface area contributed by atoms with E-state index in [4.69, 9.17) is 14.0 Å². The van der Waals surface area contributed by atoms with Crippen LogP contribution in [-0.2, 0) is 19.1 Å². The summed E-state index contributed by atoms with van der Waals surface area (Å²) >= 11 is 0. The number of para-hydroxylation sites is 2. The zero-order valence-electron chi connectivity index (χ0n) is 14.9. The zero-order valence-corrected chi connectivity index (χ0v) is 14.9. The molecule has 9 heteroatoms. The van der Waals surface area contributed by atoms with Crippen LogP contribution in [0.4, 0.5) is 11.5 Å². The average molecular weight is 373 g/mol. The van der Waals surface area contributed by atoms with Crippen LogP contribution in [0.2, 0.25) is 0 Å². The van der Waals surface area contributed by atoms with Crippen molar-refractivity contribution in [3.05, 3.63) is 36.1 Å². The van der Waals surface area contributed by atoms with Gasteiger partial charge in [0, 0.05) is 6.07 Å². The van der Waals surface area contributed by atoms with Crippen LogP contribution < -0.4 is 15.0 Å². The second-order valence-electron chi connectivity index (χ2n) is 5.99. The van der Waals surface area contributed by atoms with Crippen molar-refractivity contribution in [2.24, 2.45) is 0 Å². The Balaban J connectivity index is 1.62. The number of fused-ring (bicyclic) bond motifs is 1. The largest absolute Gasteiger partial charge is 0.491 e. The van der Waals surface area contributed by atoms with Gasteiger partial charge >= 0.3 is 5.97 Å². The Morgan fingerprint density at radius 3 is 2.89 bits per heavy atom. The lowest BCUT2D eigenvalue weighted by atomic mass is 10.2. The number of benzene rings is 1. The number of ether oxygens (including phenoxy) is 2. The van der Waals surface area contributed by atoms with E-state index >= 15 is 0 Å². The molecule has 2 heterocycles. The van der Waals surface area contributed by atoms with Gasteiger partial charge in [-0.1, -0.05) is 17.3 Å². The highest BCUT2D eigenvalue weighted by Gasteiger charge is 2.27. The lowest BCUT2D eigenvalue weighted by Crippen LogP contribution is -2.39. The Hall–Kier alpha value is -3.36. The number of nitrogens with zero attached hydrogens (tertiary/aromatic N) is 2. The zero-order chi connectivity index (χ0) is 19.4. The van der Waals surface area contributed by atoms with Crippen molar-refractivity contribution in [2.75, 3.05) is 23.4 Å². The van der Waals surface area contributed by atoms with Crippen molar-refractivity contribution < 1.29 is 28.4 Å². The minimum absolute atomic E-state index is 0.142. The van der Waals surface area contributed by atoms with E-state index in [-0.39, 0.29) is 31.3 Å². The number of amides is 2. The Labute approximate surface area is 155 Å². The predicted octanol–water partition coefficient (Wildman–Crippen LogP) is 1.67. The topological polar surface area (TPSA) is 111 Å². The third-order valence-electron chi connectivity index (χ3n) is 3.87. The van der Waals surface area contributed by atoms with Gasteiger partial charge in [0.2, 0.25) is 5.91 Å². The molecule has 0 spiro atoms. The van der Waals surface area contributed by atoms with Crippen molar-refractivity contribution in [3.63, 3.8) is 0 Å². The van der Waals surface area contributed by atoms with Crippen LogP contribution in [0.25, 0.3) is 0 Å². The van der Waals surface area contributed by atoms with Crippen molar-refractivity contribution in [1.29, 1.82) is 0 Å². The number of nitrogens with one attached hydrogen (secondary N) is 1. The smallest absolute Gasteiger partial charge is 0.326 e. The molecule has 27 heavy (non-hydrogen) atoms. The molecular weight excluding hydrogens is 354 g/mol. The maximum absolute atomic E-state index is 12.3. The summed E-state index contributed by atoms with van der Waals surface area (Å²) in [6.07, 6.45) is -0.924. The number of aryl methyl sites for hydroxylation is 1. The highest BCUT2D eigenvalue weighted by molar-refractivity contribution is 6.00. The van der Waals surface area contributed by atoms with Crippen LogP contribution in [0.5, 0.6) is 5.75 Å². The van der Waals surface area contributed by atoms with Gasteiger partial charge in [0.15, 0.2) is 11.9 Å². The quantitative estimate of drug-likeness (QED) is 0.794. The van der Waals surface area contributed by atoms with E-state index in [0.29, 0.717) is 17.2 Å². The number of carbonyl (C=O) groups excluding carboxylic acids is 3. The summed E-state index contributed by atoms with van der Waals surface area (Å²) in [4.78, 5) is 38.0. The fourth-order valence-electron chi connectivity index (χ4n) is 2.56. The van der Waals surface area contributed by atoms with E-state index < -0.39 is 18.0 Å². The summed E-state index contributed by atoms with van der Waals surface area (Å²) < 4.78 is 15.5. The minimum atomic E-state index is -1.07. The average Bonchev–Trinajstić information content (AvgIpc) is 2.97. The molecule has 2 aromatic rings. The summed E-state index contributed by atoms with van der Waals surface area (Å²) in [5.74, 6) is -0.235. The SMILES string of the molecule is Cc1cc(NC(=O)[C@@H](C)OC(=O)CN2C(=O)CCOc3ccccc32)no1. The molecule has 1 atom stereocenters. The first-order valence-electron chi connectivity index (χ1n) is 8.40. The number of carbonyl (C=O) groups is 3. The molecule has 1 N–H and O–H groups in total. The van der Waals surface area contributed by atoms with Gasteiger partial charge in [0.25, 0.3) is 5.91 Å². The fourth-order valence-corrected chi connectivity index (χ4v) is 2.56. The van der Waals surface area contributed by atoms with Crippen LogP contribution in [0.3, 0.4) is 0 Å². The fraction of sp³-hybridized carbons (Fsp3) is 0.333. The van der Waals surface area contributed by atoms with Gasteiger partial charge in [-0.2, -0.15) is 0 Å². The molecule has 0 fully saturated rings. The van der Waals surface area contributed by atoms with E-state index in [0.717, 1.165) is 0 Å². The molecule has 0 radical (unpaired) electrons. The van der Waals surface area contributed by atoms with Crippen molar-refractivity contribution in [2.45, 2.75) is 26.4 Å². The molecule has 0 saturated heterocycles. The number of aromatic nitrogens is 1. The Kier molecular flexibility index (Phi) is 5.39. The lowest BCUT2D eigenvalue weighted by molar-refractivity contribution is -0.152. The van der Waals surface area contributed by atoms with Gasteiger partial charge in [-0.25, -0.2) is 0 Å². The van der Waals surface area contributed by atoms with E-state index in [1.165, 1.54) is 11.8 Å². The third-order valence-corrected chi connectivity index (χ3v) is 3.87. The van der Waals surface area contributed by atoms with E-state index in [2.05, 4.69) is 10.5 Å². The molecule has 142 valence electrons. The molecule has 9 nitrogen and oxygen atoms in total. The molecule has 0 saturated carbocycles. The molecule has 1 aliphatic heterocycles. The number of hydrogen-bond acceptors (Lipinski definition) is 7. The highest BCUT2D eigenvalue weighted by atomic mass is 16.5. The molecular formula is C18H19N3O6. The maximum atomic E-state index is 12.3. The molecule has 3 rings (SSSR count). The normalized spacial score (nSPS) is 14.6. The molecule has 2 amide bonds. The molecule has 1 aliphatic rings. The van der Waals surface area contributed by atoms with Crippen LogP contribution in [-0.4, -0.2) is 42.2 Å². The van der Waals surface area contributed by atoms with Crippen molar-refractivity contribution in [1.82, 2.24) is 5.16 Å². The summed E-state index contributed by atoms with van der Waals surface area (Å²) in [5, 5.41) is 6.13. The van der Waals surface area contributed by atoms with Crippen LogP contribution in [0.1, 0.15) is 19.1 Å². The summed E-state index contributed by atoms with van der Waals surface area (Å²) in [5.41, 5.74) is 0.493. The van der Waals surface area contributed by atoms with Gasteiger partial charge in [-0.3, -0.25) is 19.3 Å². The second kappa shape index (κ2) is 7.90. The number of hydrogen-bond donors (Lipinski definition) is 1. The first-order chi connectivity index (χ1) is 12.9. The van der Waals surface area contributed by atoms with Crippen molar-refractivity contribution in [3.8, 4) is 5.75 Å². The van der Waals surface area contributed by atoms with Crippen LogP contribution >= 0.6 is 0 Å². The second-order valence-corrected chi connectivity index (χ2v) is 5.99. The number of anilines is 2. The summed E-state index contributed by atoms with van der Waals surface area (Å²) in [7, 11) is 0. The van der Waals surface area contributed by atoms with Crippen LogP contribution in [0.15, 0.2) is 34.9 Å². The molecule has 0 aliphatic carbocycles. The first-order valence-corrected chi connectivity index (χ1v) is 8.40. The van der Waals surface area contributed by atoms with E-state index in [9.17, 15) is 14.4 Å². The Bertz CT molecular complexity index is 862. The highest BCUT2D eigenvalue weighted by Crippen LogP contribution is 2.30. The maximum Gasteiger partial charge on any atom is 0.326 e. The van der Waals surface area contributed by atoms with Crippen molar-refractivity contribution >= 4 is 29.3 Å². The third kappa shape index (κ3) is 4.43. The van der Waals surface area contributed by atoms with E-state index in [1.54, 1.807) is 37.3 Å². The number of rotatable bonds is 5. The van der Waals surface area contributed by atoms with Crippen LogP contribution in [0, 0.1) is 6.92 Å². The summed E-state index contributed by atoms with van der Waals surface area (Å²) in [6, 6.07) is 8.48. The molecule has 0 unspecified atom stereocenters.